The Hall–Kier alpha value is -1.82. The highest BCUT2D eigenvalue weighted by atomic mass is 79.9. The fourth-order valence-electron chi connectivity index (χ4n) is 1.68. The Morgan fingerprint density at radius 2 is 2.05 bits per heavy atom. The summed E-state index contributed by atoms with van der Waals surface area (Å²) < 4.78 is 2.56. The summed E-state index contributed by atoms with van der Waals surface area (Å²) in [7, 11) is 1.78. The summed E-state index contributed by atoms with van der Waals surface area (Å²) in [5, 5.41) is 3.99. The number of carbonyl (C=O) groups excluding carboxylic acids is 1. The normalized spacial score (nSPS) is 10.4. The Kier molecular flexibility index (Phi) is 4.21. The minimum absolute atomic E-state index is 0.00832. The smallest absolute Gasteiger partial charge is 0.244 e. The van der Waals surface area contributed by atoms with Crippen molar-refractivity contribution in [2.75, 3.05) is 12.8 Å². The summed E-state index contributed by atoms with van der Waals surface area (Å²) >= 11 is 3.38. The standard InChI is InChI=1S/C13H15BrN4O/c1-17(8-10-2-4-11(14)5-3-10)13(19)9-18-7-6-12(15)16-18/h2-7H,8-9H2,1H3,(H2,15,16). The van der Waals surface area contributed by atoms with E-state index in [4.69, 9.17) is 5.73 Å². The summed E-state index contributed by atoms with van der Waals surface area (Å²) in [6, 6.07) is 9.56. The van der Waals surface area contributed by atoms with Gasteiger partial charge in [-0.1, -0.05) is 28.1 Å². The van der Waals surface area contributed by atoms with E-state index in [0.717, 1.165) is 10.0 Å². The lowest BCUT2D eigenvalue weighted by molar-refractivity contribution is -0.131. The topological polar surface area (TPSA) is 64.2 Å². The second-order valence-electron chi connectivity index (χ2n) is 4.31. The van der Waals surface area contributed by atoms with Crippen LogP contribution in [0.1, 0.15) is 5.56 Å². The van der Waals surface area contributed by atoms with Gasteiger partial charge in [0.1, 0.15) is 12.4 Å². The number of nitrogen functional groups attached to an aromatic ring is 1. The molecule has 1 amide bonds. The minimum Gasteiger partial charge on any atom is -0.382 e. The van der Waals surface area contributed by atoms with Crippen LogP contribution in [0.25, 0.3) is 0 Å². The van der Waals surface area contributed by atoms with Gasteiger partial charge in [-0.3, -0.25) is 9.48 Å². The third-order valence-corrected chi connectivity index (χ3v) is 3.25. The highest BCUT2D eigenvalue weighted by molar-refractivity contribution is 9.10. The average molecular weight is 323 g/mol. The maximum Gasteiger partial charge on any atom is 0.244 e. The SMILES string of the molecule is CN(Cc1ccc(Br)cc1)C(=O)Cn1ccc(N)n1. The summed E-state index contributed by atoms with van der Waals surface area (Å²) in [6.45, 7) is 0.771. The van der Waals surface area contributed by atoms with Gasteiger partial charge in [-0.25, -0.2) is 0 Å². The number of aromatic nitrogens is 2. The zero-order valence-corrected chi connectivity index (χ0v) is 12.2. The molecule has 0 aliphatic heterocycles. The molecule has 1 aromatic heterocycles. The molecule has 6 heteroatoms. The molecule has 1 heterocycles. The van der Waals surface area contributed by atoms with Crippen molar-refractivity contribution < 1.29 is 4.79 Å². The van der Waals surface area contributed by atoms with Gasteiger partial charge in [-0.15, -0.1) is 0 Å². The fraction of sp³-hybridized carbons (Fsp3) is 0.231. The molecular weight excluding hydrogens is 308 g/mol. The molecule has 2 N–H and O–H groups in total. The molecule has 0 spiro atoms. The van der Waals surface area contributed by atoms with Crippen LogP contribution in [-0.2, 0) is 17.9 Å². The van der Waals surface area contributed by atoms with Crippen LogP contribution in [-0.4, -0.2) is 27.6 Å². The average Bonchev–Trinajstić information content (AvgIpc) is 2.77. The first kappa shape index (κ1) is 13.6. The number of rotatable bonds is 4. The first-order valence-corrected chi connectivity index (χ1v) is 6.61. The first-order chi connectivity index (χ1) is 9.04. The van der Waals surface area contributed by atoms with E-state index in [2.05, 4.69) is 21.0 Å². The van der Waals surface area contributed by atoms with Gasteiger partial charge in [0.25, 0.3) is 0 Å². The Morgan fingerprint density at radius 3 is 2.63 bits per heavy atom. The minimum atomic E-state index is -0.00832. The molecule has 0 unspecified atom stereocenters. The van der Waals surface area contributed by atoms with E-state index in [9.17, 15) is 4.79 Å². The van der Waals surface area contributed by atoms with Gasteiger partial charge in [0.2, 0.25) is 5.91 Å². The van der Waals surface area contributed by atoms with Crippen molar-refractivity contribution in [1.29, 1.82) is 0 Å². The number of nitrogens with zero attached hydrogens (tertiary/aromatic N) is 3. The highest BCUT2D eigenvalue weighted by Crippen LogP contribution is 2.12. The summed E-state index contributed by atoms with van der Waals surface area (Å²) in [6.07, 6.45) is 1.70. The van der Waals surface area contributed by atoms with Crippen molar-refractivity contribution in [2.24, 2.45) is 0 Å². The van der Waals surface area contributed by atoms with Crippen molar-refractivity contribution in [3.63, 3.8) is 0 Å². The largest absolute Gasteiger partial charge is 0.382 e. The lowest BCUT2D eigenvalue weighted by atomic mass is 10.2. The number of hydrogen-bond acceptors (Lipinski definition) is 3. The van der Waals surface area contributed by atoms with Crippen molar-refractivity contribution in [1.82, 2.24) is 14.7 Å². The molecule has 0 fully saturated rings. The van der Waals surface area contributed by atoms with E-state index in [1.54, 1.807) is 24.2 Å². The molecule has 0 saturated carbocycles. The quantitative estimate of drug-likeness (QED) is 0.934. The van der Waals surface area contributed by atoms with Crippen LogP contribution < -0.4 is 5.73 Å². The van der Waals surface area contributed by atoms with E-state index in [1.807, 2.05) is 24.3 Å². The van der Waals surface area contributed by atoms with Crippen molar-refractivity contribution in [3.05, 3.63) is 46.6 Å². The third-order valence-electron chi connectivity index (χ3n) is 2.72. The van der Waals surface area contributed by atoms with E-state index in [-0.39, 0.29) is 12.5 Å². The zero-order chi connectivity index (χ0) is 13.8. The Bertz CT molecular complexity index is 564. The molecule has 0 aliphatic rings. The molecule has 0 saturated heterocycles. The molecule has 100 valence electrons. The fourth-order valence-corrected chi connectivity index (χ4v) is 1.94. The summed E-state index contributed by atoms with van der Waals surface area (Å²) in [5.74, 6) is 0.411. The molecule has 1 aromatic carbocycles. The monoisotopic (exact) mass is 322 g/mol. The second-order valence-corrected chi connectivity index (χ2v) is 5.23. The van der Waals surface area contributed by atoms with E-state index in [0.29, 0.717) is 12.4 Å². The zero-order valence-electron chi connectivity index (χ0n) is 10.6. The van der Waals surface area contributed by atoms with Crippen LogP contribution in [0.2, 0.25) is 0 Å². The number of amides is 1. The molecule has 0 bridgehead atoms. The lowest BCUT2D eigenvalue weighted by Crippen LogP contribution is -2.29. The number of halogens is 1. The number of likely N-dealkylation sites (N-methyl/N-ethyl adjacent to an activating group) is 1. The van der Waals surface area contributed by atoms with Crippen LogP contribution in [0.15, 0.2) is 41.0 Å². The molecule has 2 rings (SSSR count). The Morgan fingerprint density at radius 1 is 1.37 bits per heavy atom. The van der Waals surface area contributed by atoms with Crippen LogP contribution in [0, 0.1) is 0 Å². The van der Waals surface area contributed by atoms with Crippen LogP contribution in [0.4, 0.5) is 5.82 Å². The number of anilines is 1. The van der Waals surface area contributed by atoms with Crippen LogP contribution >= 0.6 is 15.9 Å². The first-order valence-electron chi connectivity index (χ1n) is 5.82. The number of carbonyl (C=O) groups is 1. The van der Waals surface area contributed by atoms with Gasteiger partial charge in [0.05, 0.1) is 0 Å². The van der Waals surface area contributed by atoms with Crippen molar-refractivity contribution in [3.8, 4) is 0 Å². The van der Waals surface area contributed by atoms with E-state index >= 15 is 0 Å². The van der Waals surface area contributed by atoms with Crippen LogP contribution in [0.5, 0.6) is 0 Å². The van der Waals surface area contributed by atoms with Gasteiger partial charge in [0, 0.05) is 24.3 Å². The lowest BCUT2D eigenvalue weighted by Gasteiger charge is -2.17. The summed E-state index contributed by atoms with van der Waals surface area (Å²) in [4.78, 5) is 13.7. The van der Waals surface area contributed by atoms with Gasteiger partial charge < -0.3 is 10.6 Å². The second kappa shape index (κ2) is 5.88. The predicted octanol–water partition coefficient (Wildman–Crippen LogP) is 1.89. The third kappa shape index (κ3) is 3.82. The molecule has 19 heavy (non-hydrogen) atoms. The van der Waals surface area contributed by atoms with Crippen LogP contribution in [0.3, 0.4) is 0 Å². The van der Waals surface area contributed by atoms with E-state index in [1.165, 1.54) is 4.68 Å². The van der Waals surface area contributed by atoms with Gasteiger partial charge >= 0.3 is 0 Å². The van der Waals surface area contributed by atoms with E-state index < -0.39 is 0 Å². The molecule has 0 aliphatic carbocycles. The highest BCUT2D eigenvalue weighted by Gasteiger charge is 2.10. The molecular formula is C13H15BrN4O. The molecule has 2 aromatic rings. The molecule has 0 atom stereocenters. The Labute approximate surface area is 120 Å². The van der Waals surface area contributed by atoms with Gasteiger partial charge in [0.15, 0.2) is 0 Å². The predicted molar refractivity (Wildman–Crippen MR) is 77.3 cm³/mol. The molecule has 0 radical (unpaired) electrons. The number of benzene rings is 1. The summed E-state index contributed by atoms with van der Waals surface area (Å²) in [5.41, 5.74) is 6.59. The van der Waals surface area contributed by atoms with Crippen molar-refractivity contribution >= 4 is 27.7 Å². The van der Waals surface area contributed by atoms with Gasteiger partial charge in [-0.05, 0) is 23.8 Å². The van der Waals surface area contributed by atoms with Gasteiger partial charge in [-0.2, -0.15) is 5.10 Å². The maximum atomic E-state index is 12.0. The number of nitrogens with two attached hydrogens (primary N) is 1. The number of hydrogen-bond donors (Lipinski definition) is 1. The Balaban J connectivity index is 1.94. The maximum absolute atomic E-state index is 12.0. The molecule has 5 nitrogen and oxygen atoms in total. The van der Waals surface area contributed by atoms with Crippen molar-refractivity contribution in [2.45, 2.75) is 13.1 Å².